The van der Waals surface area contributed by atoms with Gasteiger partial charge in [-0.15, -0.1) is 0 Å². The van der Waals surface area contributed by atoms with E-state index in [1.807, 2.05) is 0 Å². The lowest BCUT2D eigenvalue weighted by atomic mass is 10.1. The highest BCUT2D eigenvalue weighted by molar-refractivity contribution is 5.63. The number of anilines is 1. The van der Waals surface area contributed by atoms with Gasteiger partial charge in [-0.3, -0.25) is 0 Å². The average molecular weight is 301 g/mol. The van der Waals surface area contributed by atoms with Crippen molar-refractivity contribution >= 4 is 5.82 Å². The van der Waals surface area contributed by atoms with Crippen LogP contribution in [0.4, 0.5) is 23.4 Å². The second-order valence-corrected chi connectivity index (χ2v) is 4.22. The first-order chi connectivity index (χ1) is 9.81. The molecule has 0 saturated carbocycles. The zero-order valence-electron chi connectivity index (χ0n) is 10.9. The van der Waals surface area contributed by atoms with Gasteiger partial charge in [-0.25, -0.2) is 14.4 Å². The first kappa shape index (κ1) is 15.2. The van der Waals surface area contributed by atoms with Crippen molar-refractivity contribution in [1.82, 2.24) is 9.97 Å². The van der Waals surface area contributed by atoms with E-state index in [-0.39, 0.29) is 29.5 Å². The van der Waals surface area contributed by atoms with Crippen molar-refractivity contribution in [2.24, 2.45) is 0 Å². The molecule has 21 heavy (non-hydrogen) atoms. The Bertz CT molecular complexity index is 658. The Balaban J connectivity index is 2.52. The van der Waals surface area contributed by atoms with Crippen LogP contribution in [0.2, 0.25) is 0 Å². The van der Waals surface area contributed by atoms with Crippen LogP contribution in [-0.2, 0) is 17.5 Å². The van der Waals surface area contributed by atoms with Crippen LogP contribution in [0, 0.1) is 5.82 Å². The summed E-state index contributed by atoms with van der Waals surface area (Å²) in [4.78, 5) is 7.92. The molecule has 0 spiro atoms. The number of benzene rings is 1. The van der Waals surface area contributed by atoms with Gasteiger partial charge in [0.25, 0.3) is 0 Å². The SMILES string of the molecule is COCc1nc(N)cc(-c2ccc(F)c(C(F)(F)F)c2)n1. The second-order valence-electron chi connectivity index (χ2n) is 4.22. The molecule has 1 aromatic carbocycles. The maximum atomic E-state index is 13.3. The van der Waals surface area contributed by atoms with E-state index in [0.29, 0.717) is 6.07 Å². The molecule has 1 aromatic heterocycles. The van der Waals surface area contributed by atoms with Crippen LogP contribution in [0.3, 0.4) is 0 Å². The molecule has 0 aliphatic heterocycles. The Morgan fingerprint density at radius 2 is 1.90 bits per heavy atom. The molecule has 2 rings (SSSR count). The van der Waals surface area contributed by atoms with Gasteiger partial charge in [0.1, 0.15) is 18.2 Å². The third-order valence-corrected chi connectivity index (χ3v) is 2.63. The number of methoxy groups -OCH3 is 1. The number of ether oxygens (including phenoxy) is 1. The Hall–Kier alpha value is -2.22. The zero-order chi connectivity index (χ0) is 15.6. The number of halogens is 4. The molecule has 2 aromatic rings. The van der Waals surface area contributed by atoms with Crippen molar-refractivity contribution in [3.05, 3.63) is 41.5 Å². The summed E-state index contributed by atoms with van der Waals surface area (Å²) >= 11 is 0. The monoisotopic (exact) mass is 301 g/mol. The predicted octanol–water partition coefficient (Wildman–Crippen LogP) is 3.03. The number of hydrogen-bond donors (Lipinski definition) is 1. The lowest BCUT2D eigenvalue weighted by Crippen LogP contribution is -2.08. The van der Waals surface area contributed by atoms with Crippen LogP contribution in [0.15, 0.2) is 24.3 Å². The minimum absolute atomic E-state index is 0.0609. The van der Waals surface area contributed by atoms with Crippen molar-refractivity contribution in [1.29, 1.82) is 0 Å². The van der Waals surface area contributed by atoms with Gasteiger partial charge < -0.3 is 10.5 Å². The van der Waals surface area contributed by atoms with Crippen LogP contribution in [0.5, 0.6) is 0 Å². The van der Waals surface area contributed by atoms with Crippen molar-refractivity contribution in [2.75, 3.05) is 12.8 Å². The fourth-order valence-electron chi connectivity index (χ4n) is 1.76. The Morgan fingerprint density at radius 1 is 1.19 bits per heavy atom. The zero-order valence-corrected chi connectivity index (χ0v) is 10.9. The van der Waals surface area contributed by atoms with E-state index in [2.05, 4.69) is 9.97 Å². The Morgan fingerprint density at radius 3 is 2.52 bits per heavy atom. The summed E-state index contributed by atoms with van der Waals surface area (Å²) in [5.74, 6) is -1.03. The number of nitrogens with two attached hydrogens (primary N) is 1. The number of rotatable bonds is 3. The lowest BCUT2D eigenvalue weighted by Gasteiger charge is -2.10. The minimum atomic E-state index is -4.78. The van der Waals surface area contributed by atoms with Crippen molar-refractivity contribution < 1.29 is 22.3 Å². The second kappa shape index (κ2) is 5.65. The van der Waals surface area contributed by atoms with E-state index in [4.69, 9.17) is 10.5 Å². The number of nitrogens with zero attached hydrogens (tertiary/aromatic N) is 2. The summed E-state index contributed by atoms with van der Waals surface area (Å²) in [5, 5.41) is 0. The van der Waals surface area contributed by atoms with Gasteiger partial charge in [-0.05, 0) is 18.2 Å². The smallest absolute Gasteiger partial charge is 0.384 e. The fraction of sp³-hybridized carbons (Fsp3) is 0.231. The summed E-state index contributed by atoms with van der Waals surface area (Å²) in [7, 11) is 1.42. The molecule has 0 amide bonds. The van der Waals surface area contributed by atoms with Crippen LogP contribution in [0.25, 0.3) is 11.3 Å². The first-order valence-corrected chi connectivity index (χ1v) is 5.80. The molecule has 0 aliphatic rings. The minimum Gasteiger partial charge on any atom is -0.384 e. The maximum absolute atomic E-state index is 13.3. The topological polar surface area (TPSA) is 61.0 Å². The largest absolute Gasteiger partial charge is 0.419 e. The molecule has 4 nitrogen and oxygen atoms in total. The number of aromatic nitrogens is 2. The predicted molar refractivity (Wildman–Crippen MR) is 67.6 cm³/mol. The van der Waals surface area contributed by atoms with E-state index < -0.39 is 17.6 Å². The summed E-state index contributed by atoms with van der Waals surface area (Å²) < 4.78 is 56.2. The molecular formula is C13H11F4N3O. The van der Waals surface area contributed by atoms with Crippen molar-refractivity contribution in [2.45, 2.75) is 12.8 Å². The van der Waals surface area contributed by atoms with Crippen molar-refractivity contribution in [3.8, 4) is 11.3 Å². The van der Waals surface area contributed by atoms with Gasteiger partial charge in [0.2, 0.25) is 0 Å². The molecule has 0 aliphatic carbocycles. The highest BCUT2D eigenvalue weighted by Crippen LogP contribution is 2.34. The highest BCUT2D eigenvalue weighted by Gasteiger charge is 2.34. The van der Waals surface area contributed by atoms with Gasteiger partial charge in [-0.2, -0.15) is 13.2 Å². The molecule has 8 heteroatoms. The van der Waals surface area contributed by atoms with Crippen molar-refractivity contribution in [3.63, 3.8) is 0 Å². The normalized spacial score (nSPS) is 11.7. The maximum Gasteiger partial charge on any atom is 0.419 e. The number of nitrogen functional groups attached to an aromatic ring is 1. The van der Waals surface area contributed by atoms with E-state index in [1.54, 1.807) is 0 Å². The molecule has 2 N–H and O–H groups in total. The lowest BCUT2D eigenvalue weighted by molar-refractivity contribution is -0.139. The van der Waals surface area contributed by atoms with Crippen LogP contribution in [0.1, 0.15) is 11.4 Å². The van der Waals surface area contributed by atoms with E-state index in [1.165, 1.54) is 19.2 Å². The summed E-state index contributed by atoms with van der Waals surface area (Å²) in [5.41, 5.74) is 4.48. The summed E-state index contributed by atoms with van der Waals surface area (Å²) in [6.07, 6.45) is -4.78. The van der Waals surface area contributed by atoms with Gasteiger partial charge in [-0.1, -0.05) is 0 Å². The van der Waals surface area contributed by atoms with E-state index >= 15 is 0 Å². The Labute approximate surface area is 117 Å². The molecule has 0 radical (unpaired) electrons. The van der Waals surface area contributed by atoms with E-state index in [0.717, 1.165) is 6.07 Å². The molecule has 0 atom stereocenters. The third-order valence-electron chi connectivity index (χ3n) is 2.63. The standard InChI is InChI=1S/C13H11F4N3O/c1-21-6-12-19-10(5-11(18)20-12)7-2-3-9(14)8(4-7)13(15,16)17/h2-5H,6H2,1H3,(H2,18,19,20). The fourth-order valence-corrected chi connectivity index (χ4v) is 1.76. The third kappa shape index (κ3) is 3.46. The molecule has 0 unspecified atom stereocenters. The summed E-state index contributed by atoms with van der Waals surface area (Å²) in [6.45, 7) is 0.0609. The molecular weight excluding hydrogens is 290 g/mol. The van der Waals surface area contributed by atoms with Crippen LogP contribution in [-0.4, -0.2) is 17.1 Å². The molecule has 1 heterocycles. The number of alkyl halides is 3. The average Bonchev–Trinajstić information content (AvgIpc) is 2.37. The molecule has 0 saturated heterocycles. The Kier molecular flexibility index (Phi) is 4.08. The van der Waals surface area contributed by atoms with Gasteiger partial charge in [0, 0.05) is 18.7 Å². The summed E-state index contributed by atoms with van der Waals surface area (Å²) in [6, 6.07) is 3.94. The molecule has 0 bridgehead atoms. The highest BCUT2D eigenvalue weighted by atomic mass is 19.4. The van der Waals surface area contributed by atoms with Crippen LogP contribution < -0.4 is 5.73 Å². The van der Waals surface area contributed by atoms with Crippen LogP contribution >= 0.6 is 0 Å². The van der Waals surface area contributed by atoms with Gasteiger partial charge in [0.15, 0.2) is 5.82 Å². The first-order valence-electron chi connectivity index (χ1n) is 5.80. The molecule has 0 fully saturated rings. The van der Waals surface area contributed by atoms with Gasteiger partial charge in [0.05, 0.1) is 11.3 Å². The van der Waals surface area contributed by atoms with E-state index in [9.17, 15) is 17.6 Å². The quantitative estimate of drug-likeness (QED) is 0.885. The number of hydrogen-bond acceptors (Lipinski definition) is 4. The molecule has 112 valence electrons. The van der Waals surface area contributed by atoms with Gasteiger partial charge >= 0.3 is 6.18 Å².